The minimum Gasteiger partial charge on any atom is -0.449 e. The molecule has 0 unspecified atom stereocenters. The lowest BCUT2D eigenvalue weighted by Gasteiger charge is -2.11. The van der Waals surface area contributed by atoms with Crippen molar-refractivity contribution in [2.75, 3.05) is 7.11 Å². The normalized spacial score (nSPS) is 10.9. The van der Waals surface area contributed by atoms with Gasteiger partial charge in [0.25, 0.3) is 0 Å². The summed E-state index contributed by atoms with van der Waals surface area (Å²) in [5.74, 6) is -2.68. The molecule has 0 amide bonds. The SMILES string of the molecule is COn1cc(OC(=O)O)c(=O)c2cc3cc(F)c(F)cc3nc21. The molecule has 23 heavy (non-hydrogen) atoms. The van der Waals surface area contributed by atoms with Crippen LogP contribution in [0, 0.1) is 11.6 Å². The Morgan fingerprint density at radius 2 is 1.96 bits per heavy atom. The van der Waals surface area contributed by atoms with Crippen LogP contribution in [0.5, 0.6) is 5.75 Å². The van der Waals surface area contributed by atoms with Crippen LogP contribution in [-0.2, 0) is 0 Å². The van der Waals surface area contributed by atoms with Gasteiger partial charge in [-0.25, -0.2) is 18.6 Å². The van der Waals surface area contributed by atoms with E-state index in [0.29, 0.717) is 0 Å². The van der Waals surface area contributed by atoms with Gasteiger partial charge in [0, 0.05) is 11.5 Å². The van der Waals surface area contributed by atoms with Crippen LogP contribution in [0.15, 0.2) is 29.2 Å². The largest absolute Gasteiger partial charge is 0.511 e. The quantitative estimate of drug-likeness (QED) is 0.573. The lowest BCUT2D eigenvalue weighted by atomic mass is 10.1. The van der Waals surface area contributed by atoms with Gasteiger partial charge in [-0.15, -0.1) is 0 Å². The van der Waals surface area contributed by atoms with Gasteiger partial charge in [0.15, 0.2) is 17.3 Å². The molecule has 2 aromatic heterocycles. The fourth-order valence-corrected chi connectivity index (χ4v) is 2.16. The van der Waals surface area contributed by atoms with E-state index in [4.69, 9.17) is 9.94 Å². The number of carboxylic acid groups (broad SMARTS) is 1. The fourth-order valence-electron chi connectivity index (χ4n) is 2.16. The molecule has 0 aliphatic carbocycles. The van der Waals surface area contributed by atoms with Crippen molar-refractivity contribution in [2.24, 2.45) is 0 Å². The molecule has 0 saturated heterocycles. The van der Waals surface area contributed by atoms with Crippen molar-refractivity contribution in [1.82, 2.24) is 9.71 Å². The molecule has 9 heteroatoms. The van der Waals surface area contributed by atoms with Gasteiger partial charge in [0.2, 0.25) is 11.2 Å². The highest BCUT2D eigenvalue weighted by atomic mass is 19.2. The number of ether oxygens (including phenoxy) is 1. The molecule has 3 rings (SSSR count). The van der Waals surface area contributed by atoms with Crippen molar-refractivity contribution in [1.29, 1.82) is 0 Å². The molecule has 0 aliphatic heterocycles. The van der Waals surface area contributed by atoms with Crippen LogP contribution in [0.3, 0.4) is 0 Å². The van der Waals surface area contributed by atoms with Crippen LogP contribution >= 0.6 is 0 Å². The van der Waals surface area contributed by atoms with Crippen LogP contribution in [0.1, 0.15) is 0 Å². The summed E-state index contributed by atoms with van der Waals surface area (Å²) in [7, 11) is 1.26. The summed E-state index contributed by atoms with van der Waals surface area (Å²) < 4.78 is 32.0. The van der Waals surface area contributed by atoms with E-state index in [2.05, 4.69) is 9.72 Å². The van der Waals surface area contributed by atoms with Gasteiger partial charge >= 0.3 is 6.16 Å². The van der Waals surface area contributed by atoms with Gasteiger partial charge < -0.3 is 14.7 Å². The van der Waals surface area contributed by atoms with E-state index in [1.54, 1.807) is 0 Å². The van der Waals surface area contributed by atoms with Gasteiger partial charge in [-0.2, -0.15) is 4.73 Å². The first-order chi connectivity index (χ1) is 10.9. The number of aromatic nitrogens is 2. The number of carbonyl (C=O) groups is 1. The Balaban J connectivity index is 2.42. The zero-order valence-electron chi connectivity index (χ0n) is 11.5. The molecule has 0 aliphatic rings. The highest BCUT2D eigenvalue weighted by Gasteiger charge is 2.16. The Bertz CT molecular complexity index is 1020. The molecule has 2 heterocycles. The number of pyridine rings is 2. The van der Waals surface area contributed by atoms with Crippen molar-refractivity contribution in [3.63, 3.8) is 0 Å². The number of nitrogens with zero attached hydrogens (tertiary/aromatic N) is 2. The average Bonchev–Trinajstić information content (AvgIpc) is 2.49. The van der Waals surface area contributed by atoms with E-state index in [0.717, 1.165) is 23.1 Å². The van der Waals surface area contributed by atoms with E-state index in [1.165, 1.54) is 13.2 Å². The number of hydrogen-bond acceptors (Lipinski definition) is 5. The fraction of sp³-hybridized carbons (Fsp3) is 0.0714. The smallest absolute Gasteiger partial charge is 0.449 e. The summed E-state index contributed by atoms with van der Waals surface area (Å²) in [6, 6.07) is 3.03. The minimum atomic E-state index is -1.68. The molecular formula is C14H8F2N2O5. The van der Waals surface area contributed by atoms with Crippen LogP contribution in [-0.4, -0.2) is 28.1 Å². The second-order valence-corrected chi connectivity index (χ2v) is 4.52. The van der Waals surface area contributed by atoms with Gasteiger partial charge in [-0.1, -0.05) is 0 Å². The summed E-state index contributed by atoms with van der Waals surface area (Å²) >= 11 is 0. The summed E-state index contributed by atoms with van der Waals surface area (Å²) in [6.45, 7) is 0. The Hall–Kier alpha value is -3.23. The van der Waals surface area contributed by atoms with E-state index >= 15 is 0 Å². The van der Waals surface area contributed by atoms with Crippen LogP contribution in [0.4, 0.5) is 13.6 Å². The van der Waals surface area contributed by atoms with Crippen LogP contribution in [0.2, 0.25) is 0 Å². The Morgan fingerprint density at radius 3 is 2.61 bits per heavy atom. The first-order valence-corrected chi connectivity index (χ1v) is 6.21. The molecule has 0 radical (unpaired) electrons. The molecule has 1 N–H and O–H groups in total. The van der Waals surface area contributed by atoms with E-state index in [9.17, 15) is 18.4 Å². The zero-order chi connectivity index (χ0) is 16.7. The van der Waals surface area contributed by atoms with Crippen molar-refractivity contribution < 1.29 is 28.3 Å². The molecular weight excluding hydrogens is 314 g/mol. The highest BCUT2D eigenvalue weighted by Crippen LogP contribution is 2.22. The topological polar surface area (TPSA) is 90.6 Å². The van der Waals surface area contributed by atoms with E-state index in [-0.39, 0.29) is 21.9 Å². The maximum absolute atomic E-state index is 13.3. The minimum absolute atomic E-state index is 0.00810. The standard InChI is InChI=1S/C14H8F2N2O5/c1-22-18-5-11(23-14(20)21)12(19)7-2-6-3-8(15)9(16)4-10(6)17-13(7)18/h2-5H,1H3,(H,20,21). The molecule has 118 valence electrons. The molecule has 7 nitrogen and oxygen atoms in total. The molecule has 0 spiro atoms. The number of benzene rings is 1. The molecule has 0 atom stereocenters. The Labute approximate surface area is 126 Å². The zero-order valence-corrected chi connectivity index (χ0v) is 11.5. The highest BCUT2D eigenvalue weighted by molar-refractivity contribution is 5.91. The average molecular weight is 322 g/mol. The van der Waals surface area contributed by atoms with Gasteiger partial charge in [0.1, 0.15) is 7.11 Å². The first-order valence-electron chi connectivity index (χ1n) is 6.21. The van der Waals surface area contributed by atoms with Crippen molar-refractivity contribution in [2.45, 2.75) is 0 Å². The number of halogens is 2. The number of rotatable bonds is 2. The monoisotopic (exact) mass is 322 g/mol. The third-order valence-electron chi connectivity index (χ3n) is 3.14. The lowest BCUT2D eigenvalue weighted by Crippen LogP contribution is -2.19. The molecule has 1 aromatic carbocycles. The van der Waals surface area contributed by atoms with Crippen LogP contribution in [0.25, 0.3) is 21.9 Å². The Morgan fingerprint density at radius 1 is 1.26 bits per heavy atom. The third-order valence-corrected chi connectivity index (χ3v) is 3.14. The second-order valence-electron chi connectivity index (χ2n) is 4.52. The van der Waals surface area contributed by atoms with Gasteiger partial charge in [0.05, 0.1) is 17.1 Å². The Kier molecular flexibility index (Phi) is 3.32. The maximum atomic E-state index is 13.3. The number of hydrogen-bond donors (Lipinski definition) is 1. The van der Waals surface area contributed by atoms with Gasteiger partial charge in [-0.05, 0) is 12.1 Å². The predicted molar refractivity (Wildman–Crippen MR) is 74.6 cm³/mol. The lowest BCUT2D eigenvalue weighted by molar-refractivity contribution is 0.140. The molecule has 0 fully saturated rings. The molecule has 3 aromatic rings. The van der Waals surface area contributed by atoms with Crippen LogP contribution < -0.4 is 15.0 Å². The summed E-state index contributed by atoms with van der Waals surface area (Å²) in [5.41, 5.74) is -0.655. The second kappa shape index (κ2) is 5.20. The van der Waals surface area contributed by atoms with Gasteiger partial charge in [-0.3, -0.25) is 4.79 Å². The molecule has 0 bridgehead atoms. The third kappa shape index (κ3) is 2.41. The summed E-state index contributed by atoms with van der Waals surface area (Å²) in [4.78, 5) is 31.9. The van der Waals surface area contributed by atoms with E-state index < -0.39 is 29.0 Å². The van der Waals surface area contributed by atoms with Crippen molar-refractivity contribution >= 4 is 28.1 Å². The first kappa shape index (κ1) is 14.7. The van der Waals surface area contributed by atoms with Crippen molar-refractivity contribution in [3.05, 3.63) is 46.3 Å². The van der Waals surface area contributed by atoms with E-state index in [1.807, 2.05) is 0 Å². The predicted octanol–water partition coefficient (Wildman–Crippen LogP) is 1.94. The molecule has 0 saturated carbocycles. The maximum Gasteiger partial charge on any atom is 0.511 e. The summed E-state index contributed by atoms with van der Waals surface area (Å²) in [6.07, 6.45) is -0.678. The summed E-state index contributed by atoms with van der Waals surface area (Å²) in [5, 5.41) is 8.75. The number of fused-ring (bicyclic) bond motifs is 2. The van der Waals surface area contributed by atoms with Crippen molar-refractivity contribution in [3.8, 4) is 5.75 Å².